The van der Waals surface area contributed by atoms with Crippen LogP contribution in [0.4, 0.5) is 18.0 Å². The number of alkyl halides is 3. The van der Waals surface area contributed by atoms with Crippen molar-refractivity contribution in [2.45, 2.75) is 38.2 Å². The molecular formula is C12H16F3N5O2. The SMILES string of the molecule is O=C(NC[C@H]1CCCO1)N1CCn2c(nnc2C(F)(F)F)C1. The number of amides is 2. The number of carbonyl (C=O) groups excluding carboxylic acids is 1. The van der Waals surface area contributed by atoms with Gasteiger partial charge in [-0.15, -0.1) is 10.2 Å². The summed E-state index contributed by atoms with van der Waals surface area (Å²) < 4.78 is 44.6. The molecule has 22 heavy (non-hydrogen) atoms. The van der Waals surface area contributed by atoms with Crippen LogP contribution in [0, 0.1) is 0 Å². The van der Waals surface area contributed by atoms with Gasteiger partial charge < -0.3 is 19.5 Å². The first-order valence-electron chi connectivity index (χ1n) is 7.09. The second-order valence-electron chi connectivity index (χ2n) is 5.33. The summed E-state index contributed by atoms with van der Waals surface area (Å²) in [6.45, 7) is 1.35. The highest BCUT2D eigenvalue weighted by Gasteiger charge is 2.39. The molecule has 3 heterocycles. The molecule has 1 aromatic rings. The van der Waals surface area contributed by atoms with E-state index in [1.165, 1.54) is 4.90 Å². The van der Waals surface area contributed by atoms with Gasteiger partial charge >= 0.3 is 12.2 Å². The van der Waals surface area contributed by atoms with E-state index in [1.54, 1.807) is 0 Å². The monoisotopic (exact) mass is 319 g/mol. The number of rotatable bonds is 2. The normalized spacial score (nSPS) is 21.8. The molecule has 2 amide bonds. The van der Waals surface area contributed by atoms with Crippen molar-refractivity contribution in [2.24, 2.45) is 0 Å². The van der Waals surface area contributed by atoms with Crippen LogP contribution in [0.25, 0.3) is 0 Å². The van der Waals surface area contributed by atoms with Crippen molar-refractivity contribution in [1.82, 2.24) is 25.0 Å². The van der Waals surface area contributed by atoms with Crippen LogP contribution in [0.15, 0.2) is 0 Å². The van der Waals surface area contributed by atoms with E-state index in [1.807, 2.05) is 0 Å². The summed E-state index contributed by atoms with van der Waals surface area (Å²) in [6.07, 6.45) is -2.62. The lowest BCUT2D eigenvalue weighted by Gasteiger charge is -2.28. The zero-order chi connectivity index (χ0) is 15.7. The maximum atomic E-state index is 12.7. The number of fused-ring (bicyclic) bond motifs is 1. The highest BCUT2D eigenvalue weighted by molar-refractivity contribution is 5.74. The van der Waals surface area contributed by atoms with Crippen molar-refractivity contribution >= 4 is 6.03 Å². The van der Waals surface area contributed by atoms with Crippen LogP contribution in [0.1, 0.15) is 24.5 Å². The fourth-order valence-electron chi connectivity index (χ4n) is 2.66. The Labute approximate surface area is 124 Å². The van der Waals surface area contributed by atoms with Gasteiger partial charge in [0.1, 0.15) is 0 Å². The summed E-state index contributed by atoms with van der Waals surface area (Å²) >= 11 is 0. The summed E-state index contributed by atoms with van der Waals surface area (Å²) in [6, 6.07) is -0.321. The number of hydrogen-bond donors (Lipinski definition) is 1. The van der Waals surface area contributed by atoms with Crippen LogP contribution in [0.3, 0.4) is 0 Å². The molecule has 122 valence electrons. The first kappa shape index (κ1) is 15.1. The fraction of sp³-hybridized carbons (Fsp3) is 0.750. The molecule has 2 aliphatic heterocycles. The second kappa shape index (κ2) is 5.75. The average Bonchev–Trinajstić information content (AvgIpc) is 3.12. The van der Waals surface area contributed by atoms with Gasteiger partial charge in [0.25, 0.3) is 0 Å². The topological polar surface area (TPSA) is 72.3 Å². The van der Waals surface area contributed by atoms with Crippen LogP contribution >= 0.6 is 0 Å². The Morgan fingerprint density at radius 3 is 2.86 bits per heavy atom. The van der Waals surface area contributed by atoms with Gasteiger partial charge in [-0.1, -0.05) is 0 Å². The molecule has 0 unspecified atom stereocenters. The molecule has 2 aliphatic rings. The van der Waals surface area contributed by atoms with E-state index in [0.29, 0.717) is 13.2 Å². The lowest BCUT2D eigenvalue weighted by molar-refractivity contribution is -0.147. The van der Waals surface area contributed by atoms with Crippen molar-refractivity contribution < 1.29 is 22.7 Å². The highest BCUT2D eigenvalue weighted by atomic mass is 19.4. The molecule has 0 spiro atoms. The lowest BCUT2D eigenvalue weighted by atomic mass is 10.2. The Morgan fingerprint density at radius 1 is 1.36 bits per heavy atom. The van der Waals surface area contributed by atoms with Crippen LogP contribution in [-0.2, 0) is 24.0 Å². The summed E-state index contributed by atoms with van der Waals surface area (Å²) in [5, 5.41) is 9.47. The maximum absolute atomic E-state index is 12.7. The number of hydrogen-bond acceptors (Lipinski definition) is 4. The van der Waals surface area contributed by atoms with E-state index < -0.39 is 12.0 Å². The van der Waals surface area contributed by atoms with E-state index in [4.69, 9.17) is 4.74 Å². The molecule has 0 aliphatic carbocycles. The van der Waals surface area contributed by atoms with E-state index in [2.05, 4.69) is 15.5 Å². The standard InChI is InChI=1S/C12H16F3N5O2/c13-12(14,15)10-18-17-9-7-19(3-4-20(9)10)11(21)16-6-8-2-1-5-22-8/h8H,1-7H2,(H,16,21)/t8-/m1/s1. The Kier molecular flexibility index (Phi) is 3.94. The first-order valence-corrected chi connectivity index (χ1v) is 7.09. The number of urea groups is 1. The Balaban J connectivity index is 1.59. The minimum absolute atomic E-state index is 0.0143. The van der Waals surface area contributed by atoms with Gasteiger partial charge in [0, 0.05) is 26.2 Å². The first-order chi connectivity index (χ1) is 10.4. The number of aromatic nitrogens is 3. The minimum Gasteiger partial charge on any atom is -0.376 e. The maximum Gasteiger partial charge on any atom is 0.451 e. The van der Waals surface area contributed by atoms with Crippen molar-refractivity contribution in [3.8, 4) is 0 Å². The molecule has 7 nitrogen and oxygen atoms in total. The van der Waals surface area contributed by atoms with E-state index in [0.717, 1.165) is 17.4 Å². The number of carbonyl (C=O) groups is 1. The largest absolute Gasteiger partial charge is 0.451 e. The molecule has 1 atom stereocenters. The molecule has 1 aromatic heterocycles. The quantitative estimate of drug-likeness (QED) is 0.883. The predicted molar refractivity (Wildman–Crippen MR) is 67.8 cm³/mol. The third kappa shape index (κ3) is 3.01. The molecular weight excluding hydrogens is 303 g/mol. The van der Waals surface area contributed by atoms with Gasteiger partial charge in [0.05, 0.1) is 12.6 Å². The van der Waals surface area contributed by atoms with Crippen molar-refractivity contribution in [3.05, 3.63) is 11.6 Å². The molecule has 10 heteroatoms. The summed E-state index contributed by atoms with van der Waals surface area (Å²) in [5.74, 6) is -0.868. The molecule has 1 saturated heterocycles. The molecule has 0 bridgehead atoms. The minimum atomic E-state index is -4.53. The molecule has 1 N–H and O–H groups in total. The molecule has 0 radical (unpaired) electrons. The number of ether oxygens (including phenoxy) is 1. The highest BCUT2D eigenvalue weighted by Crippen LogP contribution is 2.29. The van der Waals surface area contributed by atoms with Gasteiger partial charge in [0.15, 0.2) is 5.82 Å². The van der Waals surface area contributed by atoms with Crippen molar-refractivity contribution in [1.29, 1.82) is 0 Å². The Hall–Kier alpha value is -1.84. The van der Waals surface area contributed by atoms with Gasteiger partial charge in [0.2, 0.25) is 5.82 Å². The van der Waals surface area contributed by atoms with E-state index in [-0.39, 0.29) is 37.6 Å². The van der Waals surface area contributed by atoms with Crippen LogP contribution in [0.2, 0.25) is 0 Å². The zero-order valence-electron chi connectivity index (χ0n) is 11.8. The Morgan fingerprint density at radius 2 is 2.18 bits per heavy atom. The van der Waals surface area contributed by atoms with Gasteiger partial charge in [-0.25, -0.2) is 4.79 Å². The summed E-state index contributed by atoms with van der Waals surface area (Å²) in [4.78, 5) is 13.5. The third-order valence-corrected chi connectivity index (χ3v) is 3.80. The smallest absolute Gasteiger partial charge is 0.376 e. The van der Waals surface area contributed by atoms with E-state index in [9.17, 15) is 18.0 Å². The third-order valence-electron chi connectivity index (χ3n) is 3.80. The molecule has 1 fully saturated rings. The van der Waals surface area contributed by atoms with Gasteiger partial charge in [-0.3, -0.25) is 0 Å². The number of halogens is 3. The lowest BCUT2D eigenvalue weighted by Crippen LogP contribution is -2.46. The molecule has 0 saturated carbocycles. The van der Waals surface area contributed by atoms with Gasteiger partial charge in [-0.05, 0) is 12.8 Å². The summed E-state index contributed by atoms with van der Waals surface area (Å²) in [7, 11) is 0. The Bertz CT molecular complexity index is 553. The molecule has 0 aromatic carbocycles. The van der Waals surface area contributed by atoms with Crippen LogP contribution < -0.4 is 5.32 Å². The zero-order valence-corrected chi connectivity index (χ0v) is 11.8. The summed E-state index contributed by atoms with van der Waals surface area (Å²) in [5.41, 5.74) is 0. The second-order valence-corrected chi connectivity index (χ2v) is 5.33. The average molecular weight is 319 g/mol. The van der Waals surface area contributed by atoms with Crippen LogP contribution in [-0.4, -0.2) is 51.5 Å². The number of nitrogens with one attached hydrogen (secondary N) is 1. The van der Waals surface area contributed by atoms with Gasteiger partial charge in [-0.2, -0.15) is 13.2 Å². The van der Waals surface area contributed by atoms with Crippen molar-refractivity contribution in [2.75, 3.05) is 19.7 Å². The molecule has 3 rings (SSSR count). The van der Waals surface area contributed by atoms with Crippen molar-refractivity contribution in [3.63, 3.8) is 0 Å². The van der Waals surface area contributed by atoms with E-state index >= 15 is 0 Å². The number of nitrogens with zero attached hydrogens (tertiary/aromatic N) is 4. The van der Waals surface area contributed by atoms with Crippen LogP contribution in [0.5, 0.6) is 0 Å². The predicted octanol–water partition coefficient (Wildman–Crippen LogP) is 1.00. The fourth-order valence-corrected chi connectivity index (χ4v) is 2.66.